The molecule has 0 N–H and O–H groups in total. The summed E-state index contributed by atoms with van der Waals surface area (Å²) < 4.78 is 18.2. The topological polar surface area (TPSA) is 36.1 Å². The minimum absolute atomic E-state index is 0.883. The number of rotatable bonds is 4. The molecule has 0 bridgehead atoms. The smallest absolute Gasteiger partial charge is 0.159 e. The summed E-state index contributed by atoms with van der Waals surface area (Å²) >= 11 is 0. The third-order valence-corrected chi connectivity index (χ3v) is 13.6. The number of para-hydroxylation sites is 4. The van der Waals surface area contributed by atoms with E-state index in [1.807, 2.05) is 18.2 Å². The van der Waals surface area contributed by atoms with E-state index in [1.165, 1.54) is 49.9 Å². The van der Waals surface area contributed by atoms with E-state index in [1.54, 1.807) is 0 Å². The molecule has 0 radical (unpaired) electrons. The maximum Gasteiger partial charge on any atom is 0.159 e. The number of nitrogens with zero attached hydrogens (tertiary/aromatic N) is 2. The van der Waals surface area contributed by atoms with E-state index in [0.717, 1.165) is 103 Å². The Labute approximate surface area is 376 Å². The lowest BCUT2D eigenvalue weighted by Crippen LogP contribution is -2.00. The molecule has 65 heavy (non-hydrogen) atoms. The number of fused-ring (bicyclic) bond motifs is 12. The maximum atomic E-state index is 6.72. The van der Waals surface area contributed by atoms with Crippen LogP contribution in [0.2, 0.25) is 0 Å². The highest BCUT2D eigenvalue weighted by atomic mass is 16.3. The Bertz CT molecular complexity index is 3900. The number of hydrogen-bond acceptors (Lipinski definition) is 2. The number of benzene rings is 8. The molecule has 0 unspecified atom stereocenters. The Kier molecular flexibility index (Phi) is 8.67. The molecule has 12 aromatic rings. The third-order valence-electron chi connectivity index (χ3n) is 13.6. The van der Waals surface area contributed by atoms with Gasteiger partial charge in [-0.05, 0) is 127 Å². The van der Waals surface area contributed by atoms with Gasteiger partial charge < -0.3 is 18.0 Å². The minimum Gasteiger partial charge on any atom is -0.455 e. The third kappa shape index (κ3) is 6.05. The van der Waals surface area contributed by atoms with E-state index in [-0.39, 0.29) is 0 Å². The second kappa shape index (κ2) is 15.0. The standard InChI is InChI=1S/C54H36N2O2.C7H8/c1-5-21-46-38(14-1)39-15-2-6-22-47(39)55(46)36-13-9-12-35(30-36)37-18-10-19-42-44-31-33(26-28-51(44)57-53(37)42)34-27-29-52-45(32-34)43-20-11-25-50(54(43)58-52)56-48-23-7-3-16-40(48)41-17-4-8-24-49(41)56;1-7-5-3-2-4-6-7/h1,3,5-14,16,18-32H,2,4,15,17H2;2-6H,1H3. The second-order valence-corrected chi connectivity index (χ2v) is 17.5. The molecule has 0 saturated carbocycles. The highest BCUT2D eigenvalue weighted by Crippen LogP contribution is 2.42. The molecule has 310 valence electrons. The SMILES string of the molecule is C1=Cc2c(c3ccccc3n2-c2cccc(-c3cccc4c3oc3ccc(-c5ccc6oc7c(-n8c9c(c%10ccccc%108)CCC=C9)cccc7c6c5)cc34)c2)CC1.Cc1ccccc1. The van der Waals surface area contributed by atoms with Crippen LogP contribution in [0.25, 0.3) is 111 Å². The van der Waals surface area contributed by atoms with Gasteiger partial charge >= 0.3 is 0 Å². The molecule has 0 spiro atoms. The van der Waals surface area contributed by atoms with Crippen LogP contribution in [0.15, 0.2) is 197 Å². The molecule has 4 aromatic heterocycles. The Morgan fingerprint density at radius 1 is 0.415 bits per heavy atom. The molecule has 8 aromatic carbocycles. The Balaban J connectivity index is 0.000000557. The average molecular weight is 837 g/mol. The van der Waals surface area contributed by atoms with Gasteiger partial charge in [0.25, 0.3) is 0 Å². The lowest BCUT2D eigenvalue weighted by atomic mass is 9.99. The van der Waals surface area contributed by atoms with Crippen LogP contribution < -0.4 is 0 Å². The maximum absolute atomic E-state index is 6.72. The van der Waals surface area contributed by atoms with Crippen LogP contribution in [0.5, 0.6) is 0 Å². The fraction of sp³-hybridized carbons (Fsp3) is 0.0820. The molecular weight excluding hydrogens is 793 g/mol. The summed E-state index contributed by atoms with van der Waals surface area (Å²) in [4.78, 5) is 0. The zero-order valence-electron chi connectivity index (χ0n) is 36.1. The summed E-state index contributed by atoms with van der Waals surface area (Å²) in [5, 5.41) is 7.11. The quantitative estimate of drug-likeness (QED) is 0.177. The number of furan rings is 2. The van der Waals surface area contributed by atoms with Crippen molar-refractivity contribution in [1.29, 1.82) is 0 Å². The molecule has 2 aliphatic rings. The van der Waals surface area contributed by atoms with E-state index in [4.69, 9.17) is 8.83 Å². The summed E-state index contributed by atoms with van der Waals surface area (Å²) in [5.74, 6) is 0. The second-order valence-electron chi connectivity index (χ2n) is 17.5. The number of allylic oxidation sites excluding steroid dienone is 2. The first-order valence-corrected chi connectivity index (χ1v) is 22.8. The van der Waals surface area contributed by atoms with Gasteiger partial charge in [-0.2, -0.15) is 0 Å². The van der Waals surface area contributed by atoms with Gasteiger partial charge in [-0.3, -0.25) is 0 Å². The van der Waals surface area contributed by atoms with Crippen LogP contribution in [0.4, 0.5) is 0 Å². The van der Waals surface area contributed by atoms with Crippen LogP contribution in [0.1, 0.15) is 40.9 Å². The number of hydrogen-bond donors (Lipinski definition) is 0. The largest absolute Gasteiger partial charge is 0.455 e. The number of aromatic nitrogens is 2. The van der Waals surface area contributed by atoms with E-state index in [2.05, 4.69) is 198 Å². The van der Waals surface area contributed by atoms with Crippen molar-refractivity contribution in [1.82, 2.24) is 9.13 Å². The van der Waals surface area contributed by atoms with Gasteiger partial charge in [-0.25, -0.2) is 0 Å². The zero-order chi connectivity index (χ0) is 43.0. The van der Waals surface area contributed by atoms with E-state index >= 15 is 0 Å². The fourth-order valence-corrected chi connectivity index (χ4v) is 10.6. The average Bonchev–Trinajstić information content (AvgIpc) is 4.12. The van der Waals surface area contributed by atoms with Gasteiger partial charge in [0.1, 0.15) is 16.7 Å². The Morgan fingerprint density at radius 3 is 1.63 bits per heavy atom. The van der Waals surface area contributed by atoms with Gasteiger partial charge in [-0.1, -0.05) is 139 Å². The van der Waals surface area contributed by atoms with Gasteiger partial charge in [0.15, 0.2) is 5.58 Å². The van der Waals surface area contributed by atoms with Crippen molar-refractivity contribution in [3.63, 3.8) is 0 Å². The van der Waals surface area contributed by atoms with Gasteiger partial charge in [0.05, 0.1) is 16.7 Å². The molecule has 4 heteroatoms. The van der Waals surface area contributed by atoms with Crippen LogP contribution in [0.3, 0.4) is 0 Å². The van der Waals surface area contributed by atoms with Crippen molar-refractivity contribution in [2.75, 3.05) is 0 Å². The molecular formula is C61H44N2O2. The summed E-state index contributed by atoms with van der Waals surface area (Å²) in [6.45, 7) is 2.08. The first-order valence-electron chi connectivity index (χ1n) is 22.8. The molecule has 0 amide bonds. The van der Waals surface area contributed by atoms with Crippen LogP contribution in [-0.4, -0.2) is 9.13 Å². The zero-order valence-corrected chi connectivity index (χ0v) is 36.1. The molecule has 0 saturated heterocycles. The van der Waals surface area contributed by atoms with Crippen LogP contribution in [-0.2, 0) is 12.8 Å². The summed E-state index contributed by atoms with van der Waals surface area (Å²) in [5.41, 5.74) is 19.5. The van der Waals surface area contributed by atoms with Crippen molar-refractivity contribution < 1.29 is 8.83 Å². The van der Waals surface area contributed by atoms with Crippen molar-refractivity contribution in [2.24, 2.45) is 0 Å². The van der Waals surface area contributed by atoms with Gasteiger partial charge in [-0.15, -0.1) is 0 Å². The summed E-state index contributed by atoms with van der Waals surface area (Å²) in [7, 11) is 0. The van der Waals surface area contributed by atoms with E-state index in [9.17, 15) is 0 Å². The predicted octanol–water partition coefficient (Wildman–Crippen LogP) is 16.6. The van der Waals surface area contributed by atoms with E-state index in [0.29, 0.717) is 0 Å². The van der Waals surface area contributed by atoms with Crippen molar-refractivity contribution in [3.05, 3.63) is 216 Å². The predicted molar refractivity (Wildman–Crippen MR) is 271 cm³/mol. The summed E-state index contributed by atoms with van der Waals surface area (Å²) in [6, 6.07) is 63.0. The molecule has 0 atom stereocenters. The highest BCUT2D eigenvalue weighted by molar-refractivity contribution is 6.12. The normalized spacial score (nSPS) is 13.2. The van der Waals surface area contributed by atoms with Crippen LogP contribution >= 0.6 is 0 Å². The highest BCUT2D eigenvalue weighted by Gasteiger charge is 2.23. The van der Waals surface area contributed by atoms with Crippen molar-refractivity contribution in [2.45, 2.75) is 32.6 Å². The lowest BCUT2D eigenvalue weighted by Gasteiger charge is -2.13. The first kappa shape index (κ1) is 37.5. The summed E-state index contributed by atoms with van der Waals surface area (Å²) in [6.07, 6.45) is 13.4. The molecule has 4 heterocycles. The fourth-order valence-electron chi connectivity index (χ4n) is 10.6. The Hall–Kier alpha value is -8.08. The minimum atomic E-state index is 0.883. The molecule has 0 aliphatic heterocycles. The molecule has 14 rings (SSSR count). The van der Waals surface area contributed by atoms with Crippen molar-refractivity contribution in [3.8, 4) is 33.6 Å². The molecule has 4 nitrogen and oxygen atoms in total. The monoisotopic (exact) mass is 836 g/mol. The van der Waals surface area contributed by atoms with Gasteiger partial charge in [0.2, 0.25) is 0 Å². The Morgan fingerprint density at radius 2 is 0.969 bits per heavy atom. The lowest BCUT2D eigenvalue weighted by molar-refractivity contribution is 0.665. The van der Waals surface area contributed by atoms with Crippen LogP contribution in [0, 0.1) is 6.92 Å². The van der Waals surface area contributed by atoms with E-state index < -0.39 is 0 Å². The molecule has 2 aliphatic carbocycles. The number of aryl methyl sites for hydroxylation is 3. The molecule has 0 fully saturated rings. The van der Waals surface area contributed by atoms with Gasteiger partial charge in [0, 0.05) is 55.0 Å². The van der Waals surface area contributed by atoms with Crippen molar-refractivity contribution >= 4 is 77.8 Å². The first-order chi connectivity index (χ1) is 32.2.